The fourth-order valence-electron chi connectivity index (χ4n) is 4.49. The number of nitrogens with zero attached hydrogens (tertiary/aromatic N) is 4. The molecule has 0 N–H and O–H groups in total. The van der Waals surface area contributed by atoms with Crippen LogP contribution >= 0.6 is 12.4 Å². The van der Waals surface area contributed by atoms with Crippen LogP contribution < -0.4 is 0 Å². The number of rotatable bonds is 4. The molecule has 4 rings (SSSR count). The molecule has 3 aliphatic rings. The van der Waals surface area contributed by atoms with Crippen molar-refractivity contribution in [1.29, 1.82) is 0 Å². The third-order valence-electron chi connectivity index (χ3n) is 6.17. The van der Waals surface area contributed by atoms with Gasteiger partial charge in [0.15, 0.2) is 0 Å². The van der Waals surface area contributed by atoms with E-state index in [9.17, 15) is 14.4 Å². The Bertz CT molecular complexity index is 814. The van der Waals surface area contributed by atoms with Gasteiger partial charge < -0.3 is 19.4 Å². The van der Waals surface area contributed by atoms with Crippen LogP contribution in [0.1, 0.15) is 17.5 Å². The first-order valence-electron chi connectivity index (χ1n) is 10.7. The Balaban J connectivity index is 0.00000272. The summed E-state index contributed by atoms with van der Waals surface area (Å²) in [5.41, 5.74) is 2.16. The highest BCUT2D eigenvalue weighted by Gasteiger charge is 2.41. The summed E-state index contributed by atoms with van der Waals surface area (Å²) in [4.78, 5) is 46.0. The summed E-state index contributed by atoms with van der Waals surface area (Å²) >= 11 is 0. The standard InChI is InChI=1S/C22H30N4O4.ClH/c1-17-3-2-4-18(13-17)14-25-16-21(28)26-8-7-24(6-5-19(26)22(25)29)20(27)15-23-9-11-30-12-10-23;/h2-4,13,19H,5-12,14-16H2,1H3;1H. The fraction of sp³-hybridized carbons (Fsp3) is 0.591. The molecule has 170 valence electrons. The van der Waals surface area contributed by atoms with E-state index in [1.807, 2.05) is 31.2 Å². The summed E-state index contributed by atoms with van der Waals surface area (Å²) in [6.07, 6.45) is 0.490. The number of amides is 3. The number of aryl methyl sites for hydroxylation is 1. The number of morpholine rings is 1. The SMILES string of the molecule is Cc1cccc(CN2CC(=O)N3CCN(C(=O)CN4CCOCC4)CCC3C2=O)c1.Cl. The molecule has 0 spiro atoms. The predicted molar refractivity (Wildman–Crippen MR) is 118 cm³/mol. The lowest BCUT2D eigenvalue weighted by Gasteiger charge is -2.39. The summed E-state index contributed by atoms with van der Waals surface area (Å²) in [6.45, 7) is 7.17. The normalized spacial score (nSPS) is 22.6. The van der Waals surface area contributed by atoms with Crippen molar-refractivity contribution in [2.24, 2.45) is 0 Å². The molecule has 31 heavy (non-hydrogen) atoms. The number of carbonyl (C=O) groups excluding carboxylic acids is 3. The molecule has 3 saturated heterocycles. The zero-order chi connectivity index (χ0) is 21.1. The van der Waals surface area contributed by atoms with Gasteiger partial charge in [0, 0.05) is 39.3 Å². The Morgan fingerprint density at radius 2 is 1.87 bits per heavy atom. The Morgan fingerprint density at radius 3 is 2.61 bits per heavy atom. The quantitative estimate of drug-likeness (QED) is 0.668. The molecule has 0 aromatic heterocycles. The molecular formula is C22H31ClN4O4. The molecule has 3 aliphatic heterocycles. The summed E-state index contributed by atoms with van der Waals surface area (Å²) in [6, 6.07) is 7.54. The van der Waals surface area contributed by atoms with Crippen molar-refractivity contribution in [2.75, 3.05) is 59.0 Å². The van der Waals surface area contributed by atoms with Crippen molar-refractivity contribution in [1.82, 2.24) is 19.6 Å². The number of hydrogen-bond acceptors (Lipinski definition) is 5. The second-order valence-corrected chi connectivity index (χ2v) is 8.34. The molecule has 1 aromatic rings. The average Bonchev–Trinajstić information content (AvgIpc) is 2.96. The minimum absolute atomic E-state index is 0. The van der Waals surface area contributed by atoms with Crippen molar-refractivity contribution in [3.05, 3.63) is 35.4 Å². The van der Waals surface area contributed by atoms with Crippen molar-refractivity contribution in [3.8, 4) is 0 Å². The minimum Gasteiger partial charge on any atom is -0.379 e. The summed E-state index contributed by atoms with van der Waals surface area (Å²) in [5, 5.41) is 0. The first kappa shape index (κ1) is 23.5. The van der Waals surface area contributed by atoms with Crippen molar-refractivity contribution >= 4 is 30.1 Å². The molecule has 8 nitrogen and oxygen atoms in total. The molecule has 1 unspecified atom stereocenters. The Morgan fingerprint density at radius 1 is 1.10 bits per heavy atom. The van der Waals surface area contributed by atoms with Gasteiger partial charge in [-0.3, -0.25) is 19.3 Å². The van der Waals surface area contributed by atoms with E-state index in [0.29, 0.717) is 52.4 Å². The van der Waals surface area contributed by atoms with Crippen LogP contribution in [0.2, 0.25) is 0 Å². The summed E-state index contributed by atoms with van der Waals surface area (Å²) in [7, 11) is 0. The average molecular weight is 451 g/mol. The number of benzene rings is 1. The van der Waals surface area contributed by atoms with Gasteiger partial charge in [-0.1, -0.05) is 29.8 Å². The van der Waals surface area contributed by atoms with E-state index < -0.39 is 6.04 Å². The number of fused-ring (bicyclic) bond motifs is 1. The predicted octanol–water partition coefficient (Wildman–Crippen LogP) is 0.521. The van der Waals surface area contributed by atoms with Crippen LogP contribution in [0.3, 0.4) is 0 Å². The largest absolute Gasteiger partial charge is 0.379 e. The number of halogens is 1. The number of piperazine rings is 1. The van der Waals surface area contributed by atoms with E-state index in [0.717, 1.165) is 24.2 Å². The van der Waals surface area contributed by atoms with Gasteiger partial charge in [-0.25, -0.2) is 0 Å². The zero-order valence-electron chi connectivity index (χ0n) is 18.0. The third kappa shape index (κ3) is 5.56. The van der Waals surface area contributed by atoms with Gasteiger partial charge in [0.2, 0.25) is 17.7 Å². The second kappa shape index (κ2) is 10.4. The Labute approximate surface area is 189 Å². The smallest absolute Gasteiger partial charge is 0.246 e. The van der Waals surface area contributed by atoms with Crippen molar-refractivity contribution in [2.45, 2.75) is 25.9 Å². The molecule has 0 bridgehead atoms. The third-order valence-corrected chi connectivity index (χ3v) is 6.17. The molecule has 3 fully saturated rings. The number of ether oxygens (including phenoxy) is 1. The van der Waals surface area contributed by atoms with Crippen LogP contribution in [0.25, 0.3) is 0 Å². The van der Waals surface area contributed by atoms with Gasteiger partial charge in [-0.15, -0.1) is 12.4 Å². The lowest BCUT2D eigenvalue weighted by Crippen LogP contribution is -2.59. The van der Waals surface area contributed by atoms with Gasteiger partial charge >= 0.3 is 0 Å². The molecule has 0 saturated carbocycles. The first-order chi connectivity index (χ1) is 14.5. The van der Waals surface area contributed by atoms with E-state index in [1.165, 1.54) is 0 Å². The second-order valence-electron chi connectivity index (χ2n) is 8.34. The van der Waals surface area contributed by atoms with Crippen LogP contribution in [0.4, 0.5) is 0 Å². The molecular weight excluding hydrogens is 420 g/mol. The van der Waals surface area contributed by atoms with Crippen molar-refractivity contribution in [3.63, 3.8) is 0 Å². The highest BCUT2D eigenvalue weighted by Crippen LogP contribution is 2.21. The molecule has 0 radical (unpaired) electrons. The maximum Gasteiger partial charge on any atom is 0.246 e. The van der Waals surface area contributed by atoms with E-state index >= 15 is 0 Å². The highest BCUT2D eigenvalue weighted by molar-refractivity contribution is 5.95. The molecule has 1 atom stereocenters. The summed E-state index contributed by atoms with van der Waals surface area (Å²) < 4.78 is 5.34. The fourth-order valence-corrected chi connectivity index (χ4v) is 4.49. The highest BCUT2D eigenvalue weighted by atomic mass is 35.5. The van der Waals surface area contributed by atoms with Crippen LogP contribution in [0.5, 0.6) is 0 Å². The van der Waals surface area contributed by atoms with E-state index in [1.54, 1.807) is 14.7 Å². The maximum absolute atomic E-state index is 13.1. The molecule has 3 amide bonds. The van der Waals surface area contributed by atoms with Gasteiger partial charge in [0.05, 0.1) is 19.8 Å². The summed E-state index contributed by atoms with van der Waals surface area (Å²) in [5.74, 6) is 0.0153. The lowest BCUT2D eigenvalue weighted by atomic mass is 10.1. The molecule has 3 heterocycles. The van der Waals surface area contributed by atoms with Crippen LogP contribution in [0.15, 0.2) is 24.3 Å². The van der Waals surface area contributed by atoms with Crippen LogP contribution in [-0.4, -0.2) is 102 Å². The van der Waals surface area contributed by atoms with E-state index in [4.69, 9.17) is 4.74 Å². The zero-order valence-corrected chi connectivity index (χ0v) is 18.8. The van der Waals surface area contributed by atoms with Gasteiger partial charge in [0.25, 0.3) is 0 Å². The van der Waals surface area contributed by atoms with Gasteiger partial charge in [0.1, 0.15) is 12.6 Å². The minimum atomic E-state index is -0.475. The van der Waals surface area contributed by atoms with E-state index in [-0.39, 0.29) is 36.7 Å². The Kier molecular flexibility index (Phi) is 7.91. The van der Waals surface area contributed by atoms with E-state index in [2.05, 4.69) is 4.90 Å². The molecule has 0 aliphatic carbocycles. The van der Waals surface area contributed by atoms with Crippen molar-refractivity contribution < 1.29 is 19.1 Å². The van der Waals surface area contributed by atoms with Gasteiger partial charge in [-0.05, 0) is 18.9 Å². The molecule has 9 heteroatoms. The maximum atomic E-state index is 13.1. The topological polar surface area (TPSA) is 73.4 Å². The van der Waals surface area contributed by atoms with Crippen LogP contribution in [-0.2, 0) is 25.7 Å². The van der Waals surface area contributed by atoms with Crippen LogP contribution in [0, 0.1) is 6.92 Å². The Hall–Kier alpha value is -2.16. The first-order valence-corrected chi connectivity index (χ1v) is 10.7. The lowest BCUT2D eigenvalue weighted by molar-refractivity contribution is -0.156. The van der Waals surface area contributed by atoms with Gasteiger partial charge in [-0.2, -0.15) is 0 Å². The number of hydrogen-bond donors (Lipinski definition) is 0. The number of carbonyl (C=O) groups is 3. The molecule has 1 aromatic carbocycles. The monoisotopic (exact) mass is 450 g/mol.